The molecule has 1 heterocycles. The van der Waals surface area contributed by atoms with Crippen molar-refractivity contribution in [3.63, 3.8) is 0 Å². The van der Waals surface area contributed by atoms with Gasteiger partial charge in [0.25, 0.3) is 0 Å². The van der Waals surface area contributed by atoms with Crippen molar-refractivity contribution in [2.45, 2.75) is 26.7 Å². The highest BCUT2D eigenvalue weighted by atomic mass is 15.1. The van der Waals surface area contributed by atoms with Crippen molar-refractivity contribution < 1.29 is 0 Å². The van der Waals surface area contributed by atoms with E-state index < -0.39 is 5.92 Å². The average Bonchev–Trinajstić information content (AvgIpc) is 2.62. The van der Waals surface area contributed by atoms with Gasteiger partial charge in [-0.1, -0.05) is 29.3 Å². The molecule has 5 nitrogen and oxygen atoms in total. The van der Waals surface area contributed by atoms with Gasteiger partial charge in [-0.25, -0.2) is 9.97 Å². The second-order valence-corrected chi connectivity index (χ2v) is 6.56. The first-order valence-electron chi connectivity index (χ1n) is 8.59. The minimum Gasteiger partial charge on any atom is -0.324 e. The molecule has 1 aromatic heterocycles. The molecule has 2 aromatic carbocycles. The molecule has 0 aliphatic heterocycles. The van der Waals surface area contributed by atoms with E-state index >= 15 is 0 Å². The van der Waals surface area contributed by atoms with Gasteiger partial charge in [0.2, 0.25) is 5.95 Å². The van der Waals surface area contributed by atoms with Gasteiger partial charge < -0.3 is 5.32 Å². The Kier molecular flexibility index (Phi) is 5.15. The van der Waals surface area contributed by atoms with Crippen LogP contribution in [0.3, 0.4) is 0 Å². The maximum absolute atomic E-state index is 9.78. The molecule has 3 rings (SSSR count). The predicted molar refractivity (Wildman–Crippen MR) is 105 cm³/mol. The van der Waals surface area contributed by atoms with Crippen LogP contribution in [0.1, 0.15) is 39.6 Å². The first-order valence-corrected chi connectivity index (χ1v) is 8.59. The Morgan fingerprint density at radius 1 is 0.889 bits per heavy atom. The van der Waals surface area contributed by atoms with E-state index in [-0.39, 0.29) is 0 Å². The quantitative estimate of drug-likeness (QED) is 0.736. The Balaban J connectivity index is 1.96. The maximum Gasteiger partial charge on any atom is 0.227 e. The molecule has 0 fully saturated rings. The molecule has 0 spiro atoms. The molecule has 1 unspecified atom stereocenters. The summed E-state index contributed by atoms with van der Waals surface area (Å²) in [4.78, 5) is 8.99. The van der Waals surface area contributed by atoms with Crippen LogP contribution in [0.25, 0.3) is 0 Å². The molecule has 0 saturated carbocycles. The molecule has 132 valence electrons. The first-order chi connectivity index (χ1) is 13.0. The van der Waals surface area contributed by atoms with Crippen LogP contribution in [-0.2, 0) is 0 Å². The van der Waals surface area contributed by atoms with Crippen molar-refractivity contribution in [3.8, 4) is 12.1 Å². The minimum absolute atomic E-state index is 0.430. The van der Waals surface area contributed by atoms with Gasteiger partial charge in [-0.15, -0.1) is 0 Å². The van der Waals surface area contributed by atoms with Crippen LogP contribution in [0.4, 0.5) is 11.6 Å². The molecule has 0 amide bonds. The lowest BCUT2D eigenvalue weighted by atomic mass is 9.93. The highest BCUT2D eigenvalue weighted by molar-refractivity contribution is 5.55. The van der Waals surface area contributed by atoms with E-state index in [4.69, 9.17) is 5.26 Å². The molecule has 27 heavy (non-hydrogen) atoms. The largest absolute Gasteiger partial charge is 0.324 e. The molecule has 0 saturated heterocycles. The minimum atomic E-state index is -0.466. The molecule has 0 radical (unpaired) electrons. The fourth-order valence-corrected chi connectivity index (χ4v) is 3.04. The van der Waals surface area contributed by atoms with Gasteiger partial charge in [-0.05, 0) is 56.7 Å². The zero-order valence-electron chi connectivity index (χ0n) is 15.5. The van der Waals surface area contributed by atoms with E-state index in [0.717, 1.165) is 28.1 Å². The van der Waals surface area contributed by atoms with Gasteiger partial charge >= 0.3 is 0 Å². The van der Waals surface area contributed by atoms with E-state index in [2.05, 4.69) is 33.5 Å². The predicted octanol–water partition coefficient (Wildman–Crippen LogP) is 4.67. The van der Waals surface area contributed by atoms with Crippen molar-refractivity contribution in [2.24, 2.45) is 0 Å². The molecule has 0 aliphatic carbocycles. The van der Waals surface area contributed by atoms with Crippen LogP contribution in [0.2, 0.25) is 0 Å². The van der Waals surface area contributed by atoms with Crippen molar-refractivity contribution >= 4 is 11.6 Å². The highest BCUT2D eigenvalue weighted by Crippen LogP contribution is 2.26. The molecule has 0 bridgehead atoms. The topological polar surface area (TPSA) is 85.4 Å². The standard InChI is InChI=1S/C22H19N5/c1-14-8-15(2)10-18(9-14)20(13-24)21-11-16(3)25-22(27-21)26-19-6-4-17(12-23)5-7-19/h4-11,20H,1-3H3,(H,25,26,27). The molecule has 3 aromatic rings. The zero-order valence-corrected chi connectivity index (χ0v) is 15.5. The summed E-state index contributed by atoms with van der Waals surface area (Å²) in [6.07, 6.45) is 0. The first kappa shape index (κ1) is 18.1. The summed E-state index contributed by atoms with van der Waals surface area (Å²) >= 11 is 0. The van der Waals surface area contributed by atoms with Gasteiger partial charge in [0.15, 0.2) is 0 Å². The van der Waals surface area contributed by atoms with E-state index in [1.165, 1.54) is 0 Å². The number of aryl methyl sites for hydroxylation is 3. The van der Waals surface area contributed by atoms with Crippen molar-refractivity contribution in [3.05, 3.63) is 82.2 Å². The Hall–Kier alpha value is -3.70. The highest BCUT2D eigenvalue weighted by Gasteiger charge is 2.17. The van der Waals surface area contributed by atoms with E-state index in [1.54, 1.807) is 24.3 Å². The lowest BCUT2D eigenvalue weighted by Crippen LogP contribution is -2.07. The van der Waals surface area contributed by atoms with Crippen LogP contribution >= 0.6 is 0 Å². The molecule has 0 aliphatic rings. The van der Waals surface area contributed by atoms with Crippen molar-refractivity contribution in [1.29, 1.82) is 10.5 Å². The Labute approximate surface area is 159 Å². The Bertz CT molecular complexity index is 1040. The van der Waals surface area contributed by atoms with E-state index in [0.29, 0.717) is 17.2 Å². The summed E-state index contributed by atoms with van der Waals surface area (Å²) < 4.78 is 0. The Morgan fingerprint density at radius 3 is 2.15 bits per heavy atom. The molecular weight excluding hydrogens is 334 g/mol. The third-order valence-electron chi connectivity index (χ3n) is 4.15. The lowest BCUT2D eigenvalue weighted by molar-refractivity contribution is 0.932. The monoisotopic (exact) mass is 353 g/mol. The number of anilines is 2. The van der Waals surface area contributed by atoms with Gasteiger partial charge in [-0.2, -0.15) is 10.5 Å². The van der Waals surface area contributed by atoms with Gasteiger partial charge in [0.1, 0.15) is 5.92 Å². The van der Waals surface area contributed by atoms with E-state index in [1.807, 2.05) is 39.0 Å². The molecule has 1 atom stereocenters. The normalized spacial score (nSPS) is 11.3. The van der Waals surface area contributed by atoms with Crippen molar-refractivity contribution in [1.82, 2.24) is 9.97 Å². The number of nitrogens with one attached hydrogen (secondary N) is 1. The SMILES string of the molecule is Cc1cc(C)cc(C(C#N)c2cc(C)nc(Nc3ccc(C#N)cc3)n2)c1. The summed E-state index contributed by atoms with van der Waals surface area (Å²) in [6, 6.07) is 19.5. The lowest BCUT2D eigenvalue weighted by Gasteiger charge is -2.14. The molecule has 1 N–H and O–H groups in total. The third kappa shape index (κ3) is 4.29. The second-order valence-electron chi connectivity index (χ2n) is 6.56. The summed E-state index contributed by atoms with van der Waals surface area (Å²) in [5.41, 5.74) is 5.97. The third-order valence-corrected chi connectivity index (χ3v) is 4.15. The van der Waals surface area contributed by atoms with Crippen LogP contribution in [-0.4, -0.2) is 9.97 Å². The van der Waals surface area contributed by atoms with E-state index in [9.17, 15) is 5.26 Å². The molecule has 5 heteroatoms. The number of benzene rings is 2. The number of hydrogen-bond donors (Lipinski definition) is 1. The van der Waals surface area contributed by atoms with Crippen LogP contribution in [0.15, 0.2) is 48.5 Å². The number of nitriles is 2. The van der Waals surface area contributed by atoms with Gasteiger partial charge in [0.05, 0.1) is 23.4 Å². The summed E-state index contributed by atoms with van der Waals surface area (Å²) in [5.74, 6) is -0.0360. The summed E-state index contributed by atoms with van der Waals surface area (Å²) in [5, 5.41) is 21.8. The zero-order chi connectivity index (χ0) is 19.4. The smallest absolute Gasteiger partial charge is 0.227 e. The second kappa shape index (κ2) is 7.68. The Morgan fingerprint density at radius 2 is 1.56 bits per heavy atom. The number of rotatable bonds is 4. The fraction of sp³-hybridized carbons (Fsp3) is 0.182. The molecular formula is C22H19N5. The van der Waals surface area contributed by atoms with Crippen LogP contribution in [0, 0.1) is 43.4 Å². The average molecular weight is 353 g/mol. The fourth-order valence-electron chi connectivity index (χ4n) is 3.04. The maximum atomic E-state index is 9.78. The van der Waals surface area contributed by atoms with Crippen molar-refractivity contribution in [2.75, 3.05) is 5.32 Å². The van der Waals surface area contributed by atoms with Gasteiger partial charge in [-0.3, -0.25) is 0 Å². The number of hydrogen-bond acceptors (Lipinski definition) is 5. The van der Waals surface area contributed by atoms with Crippen LogP contribution in [0.5, 0.6) is 0 Å². The number of aromatic nitrogens is 2. The number of nitrogens with zero attached hydrogens (tertiary/aromatic N) is 4. The van der Waals surface area contributed by atoms with Crippen LogP contribution < -0.4 is 5.32 Å². The summed E-state index contributed by atoms with van der Waals surface area (Å²) in [7, 11) is 0. The van der Waals surface area contributed by atoms with Gasteiger partial charge in [0, 0.05) is 11.4 Å². The summed E-state index contributed by atoms with van der Waals surface area (Å²) in [6.45, 7) is 5.92.